The maximum absolute atomic E-state index is 5.90. The largest absolute Gasteiger partial charge is 0.263 e. The van der Waals surface area contributed by atoms with Gasteiger partial charge in [-0.25, -0.2) is 0 Å². The van der Waals surface area contributed by atoms with Crippen LogP contribution in [0.15, 0.2) is 47.2 Å². The summed E-state index contributed by atoms with van der Waals surface area (Å²) in [7, 11) is 0. The summed E-state index contributed by atoms with van der Waals surface area (Å²) >= 11 is 9.28. The zero-order valence-electron chi connectivity index (χ0n) is 7.82. The molecule has 0 bridgehead atoms. The van der Waals surface area contributed by atoms with Gasteiger partial charge in [0.2, 0.25) is 0 Å². The summed E-state index contributed by atoms with van der Waals surface area (Å²) in [5, 5.41) is 0.742. The van der Waals surface area contributed by atoms with Crippen LogP contribution in [0.2, 0.25) is 5.02 Å². The molecule has 1 radical (unpaired) electrons. The second kappa shape index (κ2) is 4.77. The number of halogens is 2. The zero-order chi connectivity index (χ0) is 10.7. The molecule has 0 aliphatic rings. The smallest absolute Gasteiger partial charge is 0.0410 e. The number of rotatable bonds is 2. The van der Waals surface area contributed by atoms with Crippen molar-refractivity contribution >= 4 is 27.5 Å². The molecule has 0 unspecified atom stereocenters. The van der Waals surface area contributed by atoms with E-state index in [1.807, 2.05) is 42.9 Å². The molecule has 3 heteroatoms. The molecule has 1 nitrogen and oxygen atoms in total. The Balaban J connectivity index is 2.22. The van der Waals surface area contributed by atoms with E-state index in [0.717, 1.165) is 20.6 Å². The molecule has 0 fully saturated rings. The van der Waals surface area contributed by atoms with Crippen molar-refractivity contribution in [3.05, 3.63) is 69.8 Å². The summed E-state index contributed by atoms with van der Waals surface area (Å²) in [6, 6.07) is 9.72. The van der Waals surface area contributed by atoms with Crippen LogP contribution in [0.4, 0.5) is 0 Å². The van der Waals surface area contributed by atoms with E-state index in [4.69, 9.17) is 11.6 Å². The molecular weight excluding hydrogens is 273 g/mol. The standard InChI is InChI=1S/C12H8BrClN/c13-11-5-10(7-15-8-11)4-9-2-1-3-12(14)6-9/h1-8H. The van der Waals surface area contributed by atoms with E-state index < -0.39 is 0 Å². The number of pyridine rings is 1. The highest BCUT2D eigenvalue weighted by atomic mass is 79.9. The van der Waals surface area contributed by atoms with E-state index in [-0.39, 0.29) is 0 Å². The van der Waals surface area contributed by atoms with Crippen LogP contribution in [0.5, 0.6) is 0 Å². The number of nitrogens with zero attached hydrogens (tertiary/aromatic N) is 1. The predicted octanol–water partition coefficient (Wildman–Crippen LogP) is 4.10. The molecule has 75 valence electrons. The molecular formula is C12H8BrClN. The molecule has 0 saturated carbocycles. The second-order valence-electron chi connectivity index (χ2n) is 3.14. The number of hydrogen-bond donors (Lipinski definition) is 0. The molecule has 0 saturated heterocycles. The van der Waals surface area contributed by atoms with E-state index in [0.29, 0.717) is 0 Å². The van der Waals surface area contributed by atoms with Crippen molar-refractivity contribution in [1.82, 2.24) is 4.98 Å². The minimum Gasteiger partial charge on any atom is -0.263 e. The lowest BCUT2D eigenvalue weighted by molar-refractivity contribution is 1.26. The Bertz CT molecular complexity index is 427. The first-order valence-corrected chi connectivity index (χ1v) is 5.62. The lowest BCUT2D eigenvalue weighted by Gasteiger charge is -2.01. The van der Waals surface area contributed by atoms with Gasteiger partial charge in [0.15, 0.2) is 0 Å². The van der Waals surface area contributed by atoms with Crippen molar-refractivity contribution in [3.63, 3.8) is 0 Å². The van der Waals surface area contributed by atoms with Crippen molar-refractivity contribution in [2.24, 2.45) is 0 Å². The number of hydrogen-bond acceptors (Lipinski definition) is 1. The Labute approximate surface area is 102 Å². The molecule has 0 aliphatic heterocycles. The molecule has 2 rings (SSSR count). The van der Waals surface area contributed by atoms with E-state index in [1.165, 1.54) is 0 Å². The average molecular weight is 282 g/mol. The topological polar surface area (TPSA) is 12.9 Å². The van der Waals surface area contributed by atoms with Crippen molar-refractivity contribution in [1.29, 1.82) is 0 Å². The molecule has 0 N–H and O–H groups in total. The monoisotopic (exact) mass is 280 g/mol. The minimum atomic E-state index is 0.742. The van der Waals surface area contributed by atoms with Crippen molar-refractivity contribution in [2.75, 3.05) is 0 Å². The average Bonchev–Trinajstić information content (AvgIpc) is 2.17. The van der Waals surface area contributed by atoms with Gasteiger partial charge in [0, 0.05) is 28.3 Å². The molecule has 2 aromatic rings. The van der Waals surface area contributed by atoms with Crippen molar-refractivity contribution < 1.29 is 0 Å². The third kappa shape index (κ3) is 3.05. The highest BCUT2D eigenvalue weighted by molar-refractivity contribution is 9.10. The number of aromatic nitrogens is 1. The van der Waals surface area contributed by atoms with Gasteiger partial charge in [0.1, 0.15) is 0 Å². The maximum atomic E-state index is 5.90. The zero-order valence-corrected chi connectivity index (χ0v) is 10.2. The van der Waals surface area contributed by atoms with Gasteiger partial charge < -0.3 is 0 Å². The SMILES string of the molecule is Clc1cccc([CH]c2cncc(Br)c2)c1. The molecule has 0 spiro atoms. The van der Waals surface area contributed by atoms with Gasteiger partial charge in [-0.2, -0.15) is 0 Å². The minimum absolute atomic E-state index is 0.742. The van der Waals surface area contributed by atoms with Crippen molar-refractivity contribution in [2.45, 2.75) is 0 Å². The van der Waals surface area contributed by atoms with Crippen LogP contribution < -0.4 is 0 Å². The second-order valence-corrected chi connectivity index (χ2v) is 4.49. The van der Waals surface area contributed by atoms with E-state index in [2.05, 4.69) is 20.9 Å². The maximum Gasteiger partial charge on any atom is 0.0410 e. The van der Waals surface area contributed by atoms with Gasteiger partial charge in [-0.1, -0.05) is 23.7 Å². The first-order valence-electron chi connectivity index (χ1n) is 4.45. The highest BCUT2D eigenvalue weighted by Gasteiger charge is 1.98. The van der Waals surface area contributed by atoms with Crippen LogP contribution in [0.1, 0.15) is 11.1 Å². The Morgan fingerprint density at radius 2 is 2.00 bits per heavy atom. The van der Waals surface area contributed by atoms with Gasteiger partial charge >= 0.3 is 0 Å². The molecule has 15 heavy (non-hydrogen) atoms. The van der Waals surface area contributed by atoms with Crippen LogP contribution in [-0.4, -0.2) is 4.98 Å². The fourth-order valence-corrected chi connectivity index (χ4v) is 1.88. The fraction of sp³-hybridized carbons (Fsp3) is 0. The van der Waals surface area contributed by atoms with Gasteiger partial charge in [-0.05, 0) is 45.3 Å². The molecule has 0 aliphatic carbocycles. The summed E-state index contributed by atoms with van der Waals surface area (Å²) < 4.78 is 0.971. The lowest BCUT2D eigenvalue weighted by atomic mass is 10.1. The summed E-state index contributed by atoms with van der Waals surface area (Å²) in [6.45, 7) is 0. The van der Waals surface area contributed by atoms with Gasteiger partial charge in [0.05, 0.1) is 0 Å². The third-order valence-electron chi connectivity index (χ3n) is 1.91. The van der Waals surface area contributed by atoms with Crippen LogP contribution in [0.25, 0.3) is 0 Å². The quantitative estimate of drug-likeness (QED) is 0.807. The van der Waals surface area contributed by atoms with Crippen LogP contribution >= 0.6 is 27.5 Å². The van der Waals surface area contributed by atoms with Crippen molar-refractivity contribution in [3.8, 4) is 0 Å². The Hall–Kier alpha value is -0.860. The summed E-state index contributed by atoms with van der Waals surface area (Å²) in [6.07, 6.45) is 5.60. The van der Waals surface area contributed by atoms with Gasteiger partial charge in [-0.15, -0.1) is 0 Å². The Morgan fingerprint density at radius 3 is 2.73 bits per heavy atom. The van der Waals surface area contributed by atoms with Gasteiger partial charge in [0.25, 0.3) is 0 Å². The van der Waals surface area contributed by atoms with Crippen LogP contribution in [0.3, 0.4) is 0 Å². The summed E-state index contributed by atoms with van der Waals surface area (Å²) in [5.41, 5.74) is 2.12. The van der Waals surface area contributed by atoms with Crippen LogP contribution in [-0.2, 0) is 0 Å². The predicted molar refractivity (Wildman–Crippen MR) is 65.9 cm³/mol. The number of benzene rings is 1. The van der Waals surface area contributed by atoms with E-state index >= 15 is 0 Å². The molecule has 1 heterocycles. The third-order valence-corrected chi connectivity index (χ3v) is 2.58. The summed E-state index contributed by atoms with van der Waals surface area (Å²) in [4.78, 5) is 4.09. The molecule has 0 atom stereocenters. The molecule has 1 aromatic carbocycles. The Kier molecular flexibility index (Phi) is 3.39. The molecule has 0 amide bonds. The molecule has 1 aromatic heterocycles. The highest BCUT2D eigenvalue weighted by Crippen LogP contribution is 2.18. The normalized spacial score (nSPS) is 10.3. The van der Waals surface area contributed by atoms with Crippen LogP contribution in [0, 0.1) is 6.42 Å². The first kappa shape index (κ1) is 10.7. The van der Waals surface area contributed by atoms with E-state index in [9.17, 15) is 0 Å². The summed E-state index contributed by atoms with van der Waals surface area (Å²) in [5.74, 6) is 0. The lowest BCUT2D eigenvalue weighted by Crippen LogP contribution is -1.86. The fourth-order valence-electron chi connectivity index (χ4n) is 1.30. The van der Waals surface area contributed by atoms with E-state index in [1.54, 1.807) is 6.20 Å². The Morgan fingerprint density at radius 1 is 1.13 bits per heavy atom. The first-order chi connectivity index (χ1) is 7.24. The van der Waals surface area contributed by atoms with Gasteiger partial charge in [-0.3, -0.25) is 4.98 Å².